The van der Waals surface area contributed by atoms with Crippen molar-refractivity contribution in [3.63, 3.8) is 0 Å². The van der Waals surface area contributed by atoms with Gasteiger partial charge in [-0.1, -0.05) is 0 Å². The Morgan fingerprint density at radius 2 is 2.29 bits per heavy atom. The molecular weight excluding hydrogens is 268 g/mol. The zero-order valence-corrected chi connectivity index (χ0v) is 12.8. The summed E-state index contributed by atoms with van der Waals surface area (Å²) in [5.74, 6) is 0.505. The van der Waals surface area contributed by atoms with Crippen LogP contribution in [0.2, 0.25) is 0 Å². The molecule has 6 heteroatoms. The molecule has 2 heterocycles. The first kappa shape index (κ1) is 14.5. The minimum atomic E-state index is 0.228. The van der Waals surface area contributed by atoms with Crippen LogP contribution < -0.4 is 5.32 Å². The van der Waals surface area contributed by atoms with Crippen molar-refractivity contribution in [3.05, 3.63) is 17.5 Å². The molecule has 1 atom stereocenters. The van der Waals surface area contributed by atoms with Gasteiger partial charge in [-0.2, -0.15) is 5.10 Å². The molecule has 1 spiro atoms. The van der Waals surface area contributed by atoms with Crippen molar-refractivity contribution in [1.82, 2.24) is 20.4 Å². The molecule has 0 bridgehead atoms. The first-order valence-corrected chi connectivity index (χ1v) is 7.62. The molecule has 6 nitrogen and oxygen atoms in total. The van der Waals surface area contributed by atoms with Gasteiger partial charge in [0.2, 0.25) is 5.91 Å². The fraction of sp³-hybridized carbons (Fsp3) is 0.733. The molecule has 1 aromatic rings. The van der Waals surface area contributed by atoms with Gasteiger partial charge in [0, 0.05) is 20.1 Å². The van der Waals surface area contributed by atoms with Crippen molar-refractivity contribution in [1.29, 1.82) is 0 Å². The number of ether oxygens (including phenoxy) is 1. The van der Waals surface area contributed by atoms with Crippen molar-refractivity contribution in [2.45, 2.75) is 32.4 Å². The second-order valence-electron chi connectivity index (χ2n) is 6.38. The maximum atomic E-state index is 12.6. The summed E-state index contributed by atoms with van der Waals surface area (Å²) in [5, 5.41) is 10.5. The van der Waals surface area contributed by atoms with Crippen LogP contribution in [0.4, 0.5) is 0 Å². The van der Waals surface area contributed by atoms with Crippen molar-refractivity contribution in [3.8, 4) is 0 Å². The standard InChI is InChI=1S/C15H24N4O2/c1-19(9-11-7-12(10-21-2)18-17-11)14(20)13-8-15(13)3-5-16-6-4-15/h7,13,16H,3-6,8-10H2,1-2H3,(H,17,18). The number of aromatic nitrogens is 2. The highest BCUT2D eigenvalue weighted by Crippen LogP contribution is 2.59. The van der Waals surface area contributed by atoms with Crippen LogP contribution in [0.5, 0.6) is 0 Å². The number of H-pyrrole nitrogens is 1. The topological polar surface area (TPSA) is 70.2 Å². The number of aromatic amines is 1. The molecule has 2 fully saturated rings. The highest BCUT2D eigenvalue weighted by molar-refractivity contribution is 5.82. The highest BCUT2D eigenvalue weighted by Gasteiger charge is 2.58. The number of nitrogens with one attached hydrogen (secondary N) is 2. The van der Waals surface area contributed by atoms with Gasteiger partial charge >= 0.3 is 0 Å². The minimum absolute atomic E-state index is 0.228. The smallest absolute Gasteiger partial charge is 0.226 e. The van der Waals surface area contributed by atoms with E-state index in [1.165, 1.54) is 0 Å². The number of piperidine rings is 1. The van der Waals surface area contributed by atoms with Gasteiger partial charge in [0.15, 0.2) is 0 Å². The lowest BCUT2D eigenvalue weighted by molar-refractivity contribution is -0.132. The van der Waals surface area contributed by atoms with Gasteiger partial charge in [0.05, 0.1) is 24.5 Å². The Morgan fingerprint density at radius 1 is 1.52 bits per heavy atom. The predicted octanol–water partition coefficient (Wildman–Crippen LogP) is 0.904. The van der Waals surface area contributed by atoms with Crippen molar-refractivity contribution >= 4 is 5.91 Å². The van der Waals surface area contributed by atoms with Crippen molar-refractivity contribution in [2.24, 2.45) is 11.3 Å². The molecule has 1 aliphatic heterocycles. The van der Waals surface area contributed by atoms with E-state index in [-0.39, 0.29) is 11.8 Å². The Balaban J connectivity index is 1.55. The lowest BCUT2D eigenvalue weighted by Gasteiger charge is -2.25. The van der Waals surface area contributed by atoms with E-state index in [1.54, 1.807) is 7.11 Å². The molecule has 21 heavy (non-hydrogen) atoms. The monoisotopic (exact) mass is 292 g/mol. The molecule has 1 amide bonds. The molecule has 1 unspecified atom stereocenters. The average Bonchev–Trinajstić information content (AvgIpc) is 2.97. The van der Waals surface area contributed by atoms with E-state index in [4.69, 9.17) is 4.74 Å². The fourth-order valence-electron chi connectivity index (χ4n) is 3.49. The van der Waals surface area contributed by atoms with E-state index in [0.717, 1.165) is 43.7 Å². The van der Waals surface area contributed by atoms with Crippen LogP contribution in [0.15, 0.2) is 6.07 Å². The van der Waals surface area contributed by atoms with Crippen LogP contribution >= 0.6 is 0 Å². The lowest BCUT2D eigenvalue weighted by atomic mass is 9.91. The Morgan fingerprint density at radius 3 is 3.00 bits per heavy atom. The van der Waals surface area contributed by atoms with E-state index in [1.807, 2.05) is 18.0 Å². The SMILES string of the molecule is COCc1cc(CN(C)C(=O)C2CC23CCNCC3)[nH]n1. The Labute approximate surface area is 125 Å². The van der Waals surface area contributed by atoms with Gasteiger partial charge in [-0.25, -0.2) is 0 Å². The van der Waals surface area contributed by atoms with Crippen LogP contribution in [0.25, 0.3) is 0 Å². The summed E-state index contributed by atoms with van der Waals surface area (Å²) >= 11 is 0. The van der Waals surface area contributed by atoms with Gasteiger partial charge < -0.3 is 15.0 Å². The molecule has 2 aliphatic rings. The number of carbonyl (C=O) groups excluding carboxylic acids is 1. The van der Waals surface area contributed by atoms with Gasteiger partial charge in [0.1, 0.15) is 0 Å². The molecular formula is C15H24N4O2. The summed E-state index contributed by atoms with van der Waals surface area (Å²) in [6, 6.07) is 1.96. The Kier molecular flexibility index (Phi) is 3.99. The second kappa shape index (κ2) is 5.77. The predicted molar refractivity (Wildman–Crippen MR) is 78.4 cm³/mol. The molecule has 0 aromatic carbocycles. The summed E-state index contributed by atoms with van der Waals surface area (Å²) in [5.41, 5.74) is 2.12. The van der Waals surface area contributed by atoms with E-state index in [9.17, 15) is 4.79 Å². The number of hydrogen-bond acceptors (Lipinski definition) is 4. The van der Waals surface area contributed by atoms with E-state index in [2.05, 4.69) is 15.5 Å². The van der Waals surface area contributed by atoms with Crippen LogP contribution in [-0.4, -0.2) is 48.3 Å². The van der Waals surface area contributed by atoms with Crippen LogP contribution in [0, 0.1) is 11.3 Å². The molecule has 116 valence electrons. The Hall–Kier alpha value is -1.40. The minimum Gasteiger partial charge on any atom is -0.378 e. The molecule has 1 aliphatic carbocycles. The quantitative estimate of drug-likeness (QED) is 0.846. The summed E-state index contributed by atoms with van der Waals surface area (Å²) in [4.78, 5) is 14.4. The number of hydrogen-bond donors (Lipinski definition) is 2. The van der Waals surface area contributed by atoms with Gasteiger partial charge in [-0.15, -0.1) is 0 Å². The molecule has 3 rings (SSSR count). The number of amides is 1. The van der Waals surface area contributed by atoms with Crippen LogP contribution in [0.3, 0.4) is 0 Å². The van der Waals surface area contributed by atoms with Crippen LogP contribution in [-0.2, 0) is 22.7 Å². The van der Waals surface area contributed by atoms with Gasteiger partial charge in [0.25, 0.3) is 0 Å². The third-order valence-electron chi connectivity index (χ3n) is 4.85. The summed E-state index contributed by atoms with van der Waals surface area (Å²) in [6.45, 7) is 3.18. The van der Waals surface area contributed by atoms with Crippen LogP contribution in [0.1, 0.15) is 30.7 Å². The Bertz CT molecular complexity index is 508. The third-order valence-corrected chi connectivity index (χ3v) is 4.85. The normalized spacial score (nSPS) is 23.2. The molecule has 1 saturated carbocycles. The van der Waals surface area contributed by atoms with Crippen molar-refractivity contribution < 1.29 is 9.53 Å². The summed E-state index contributed by atoms with van der Waals surface area (Å²) in [6.07, 6.45) is 3.34. The maximum absolute atomic E-state index is 12.6. The molecule has 1 aromatic heterocycles. The van der Waals surface area contributed by atoms with Crippen molar-refractivity contribution in [2.75, 3.05) is 27.2 Å². The molecule has 2 N–H and O–H groups in total. The first-order valence-electron chi connectivity index (χ1n) is 7.62. The molecule has 1 saturated heterocycles. The van der Waals surface area contributed by atoms with E-state index >= 15 is 0 Å². The average molecular weight is 292 g/mol. The van der Waals surface area contributed by atoms with Gasteiger partial charge in [-0.3, -0.25) is 9.89 Å². The van der Waals surface area contributed by atoms with Gasteiger partial charge in [-0.05, 0) is 43.8 Å². The maximum Gasteiger partial charge on any atom is 0.226 e. The number of methoxy groups -OCH3 is 1. The zero-order chi connectivity index (χ0) is 14.9. The second-order valence-corrected chi connectivity index (χ2v) is 6.38. The number of carbonyl (C=O) groups is 1. The number of nitrogens with zero attached hydrogens (tertiary/aromatic N) is 2. The largest absolute Gasteiger partial charge is 0.378 e. The zero-order valence-electron chi connectivity index (χ0n) is 12.8. The summed E-state index contributed by atoms with van der Waals surface area (Å²) in [7, 11) is 3.53. The molecule has 0 radical (unpaired) electrons. The highest BCUT2D eigenvalue weighted by atomic mass is 16.5. The van der Waals surface area contributed by atoms with E-state index in [0.29, 0.717) is 18.6 Å². The third kappa shape index (κ3) is 2.96. The number of rotatable bonds is 5. The summed E-state index contributed by atoms with van der Waals surface area (Å²) < 4.78 is 5.05. The first-order chi connectivity index (χ1) is 10.1. The lowest BCUT2D eigenvalue weighted by Crippen LogP contribution is -2.34. The van der Waals surface area contributed by atoms with E-state index < -0.39 is 0 Å². The fourth-order valence-corrected chi connectivity index (χ4v) is 3.49.